The lowest BCUT2D eigenvalue weighted by Crippen LogP contribution is -2.29. The Kier molecular flexibility index (Phi) is 6.08. The van der Waals surface area contributed by atoms with Crippen molar-refractivity contribution in [1.82, 2.24) is 15.3 Å². The number of aromatic amines is 1. The van der Waals surface area contributed by atoms with E-state index in [1.165, 1.54) is 10.9 Å². The first-order chi connectivity index (χ1) is 14.9. The van der Waals surface area contributed by atoms with Gasteiger partial charge in [-0.15, -0.1) is 11.3 Å². The number of halogens is 3. The summed E-state index contributed by atoms with van der Waals surface area (Å²) in [5.74, 6) is -1.14. The summed E-state index contributed by atoms with van der Waals surface area (Å²) in [5.41, 5.74) is 2.04. The van der Waals surface area contributed by atoms with Crippen LogP contribution >= 0.6 is 11.3 Å². The van der Waals surface area contributed by atoms with Gasteiger partial charge in [-0.05, 0) is 47.5 Å². The predicted molar refractivity (Wildman–Crippen MR) is 115 cm³/mol. The average Bonchev–Trinajstić information content (AvgIpc) is 3.41. The zero-order valence-electron chi connectivity index (χ0n) is 16.4. The van der Waals surface area contributed by atoms with Crippen molar-refractivity contribution in [3.63, 3.8) is 0 Å². The number of carbonyl (C=O) groups excluding carboxylic acids is 1. The first-order valence-corrected chi connectivity index (χ1v) is 10.7. The molecule has 31 heavy (non-hydrogen) atoms. The lowest BCUT2D eigenvalue weighted by molar-refractivity contribution is -0.144. The number of alkyl halides is 3. The molecule has 2 aromatic heterocycles. The molecule has 0 spiro atoms. The number of amides is 1. The fraction of sp³-hybridized carbons (Fsp3) is 0.217. The number of carbonyl (C=O) groups is 1. The van der Waals surface area contributed by atoms with Crippen LogP contribution in [0.5, 0.6) is 0 Å². The van der Waals surface area contributed by atoms with Crippen LogP contribution in [0.25, 0.3) is 11.0 Å². The molecule has 0 saturated carbocycles. The number of hydrogen-bond acceptors (Lipinski definition) is 3. The van der Waals surface area contributed by atoms with Gasteiger partial charge in [0.15, 0.2) is 0 Å². The predicted octanol–water partition coefficient (Wildman–Crippen LogP) is 5.87. The van der Waals surface area contributed by atoms with Crippen molar-refractivity contribution >= 4 is 28.3 Å². The summed E-state index contributed by atoms with van der Waals surface area (Å²) >= 11 is 1.67. The van der Waals surface area contributed by atoms with Gasteiger partial charge in [0.2, 0.25) is 11.7 Å². The molecule has 2 N–H and O–H groups in total. The number of thiophene rings is 1. The van der Waals surface area contributed by atoms with E-state index in [0.29, 0.717) is 12.0 Å². The molecule has 2 heterocycles. The fourth-order valence-corrected chi connectivity index (χ4v) is 4.21. The molecule has 0 fully saturated rings. The van der Waals surface area contributed by atoms with Gasteiger partial charge in [-0.3, -0.25) is 4.79 Å². The minimum Gasteiger partial charge on any atom is -0.345 e. The summed E-state index contributed by atoms with van der Waals surface area (Å²) in [7, 11) is 0. The summed E-state index contributed by atoms with van der Waals surface area (Å²) < 4.78 is 39.0. The first kappa shape index (κ1) is 21.1. The van der Waals surface area contributed by atoms with Crippen LogP contribution in [-0.2, 0) is 17.4 Å². The van der Waals surface area contributed by atoms with E-state index >= 15 is 0 Å². The normalized spacial score (nSPS) is 12.7. The topological polar surface area (TPSA) is 57.8 Å². The molecule has 4 nitrogen and oxygen atoms in total. The Morgan fingerprint density at radius 2 is 1.87 bits per heavy atom. The van der Waals surface area contributed by atoms with Crippen LogP contribution in [0.3, 0.4) is 0 Å². The lowest BCUT2D eigenvalue weighted by atomic mass is 9.98. The average molecular weight is 443 g/mol. The van der Waals surface area contributed by atoms with Crippen LogP contribution in [0.1, 0.15) is 40.7 Å². The SMILES string of the molecule is O=C(CCCc1cccs1)NC(c1ccccc1)c1ccc2nc(C(F)(F)F)[nH]c2c1. The van der Waals surface area contributed by atoms with Crippen molar-refractivity contribution in [3.05, 3.63) is 87.9 Å². The number of H-pyrrole nitrogens is 1. The van der Waals surface area contributed by atoms with E-state index in [2.05, 4.69) is 15.3 Å². The Labute approximate surface area is 181 Å². The molecule has 0 aliphatic rings. The molecular weight excluding hydrogens is 423 g/mol. The molecule has 0 bridgehead atoms. The van der Waals surface area contributed by atoms with E-state index in [-0.39, 0.29) is 16.9 Å². The summed E-state index contributed by atoms with van der Waals surface area (Å²) in [4.78, 5) is 19.8. The molecule has 8 heteroatoms. The Hall–Kier alpha value is -3.13. The van der Waals surface area contributed by atoms with Crippen molar-refractivity contribution in [1.29, 1.82) is 0 Å². The first-order valence-electron chi connectivity index (χ1n) is 9.84. The maximum absolute atomic E-state index is 13.0. The molecule has 0 radical (unpaired) electrons. The van der Waals surface area contributed by atoms with Crippen LogP contribution in [-0.4, -0.2) is 15.9 Å². The van der Waals surface area contributed by atoms with Gasteiger partial charge in [0.1, 0.15) is 0 Å². The van der Waals surface area contributed by atoms with E-state index in [1.54, 1.807) is 23.5 Å². The Morgan fingerprint density at radius 3 is 2.58 bits per heavy atom. The highest BCUT2D eigenvalue weighted by Crippen LogP contribution is 2.30. The van der Waals surface area contributed by atoms with Gasteiger partial charge in [0, 0.05) is 11.3 Å². The van der Waals surface area contributed by atoms with Crippen molar-refractivity contribution in [2.45, 2.75) is 31.5 Å². The van der Waals surface area contributed by atoms with E-state index in [1.807, 2.05) is 47.8 Å². The van der Waals surface area contributed by atoms with Crippen LogP contribution < -0.4 is 5.32 Å². The quantitative estimate of drug-likeness (QED) is 0.375. The van der Waals surface area contributed by atoms with Crippen molar-refractivity contribution in [2.75, 3.05) is 0 Å². The molecular formula is C23H20F3N3OS. The Morgan fingerprint density at radius 1 is 1.06 bits per heavy atom. The third-order valence-electron chi connectivity index (χ3n) is 4.95. The highest BCUT2D eigenvalue weighted by atomic mass is 32.1. The fourth-order valence-electron chi connectivity index (χ4n) is 3.46. The molecule has 1 atom stereocenters. The van der Waals surface area contributed by atoms with Crippen LogP contribution in [0.4, 0.5) is 13.2 Å². The number of aryl methyl sites for hydroxylation is 1. The molecule has 2 aromatic carbocycles. The summed E-state index contributed by atoms with van der Waals surface area (Å²) in [6.45, 7) is 0. The van der Waals surface area contributed by atoms with Crippen LogP contribution in [0, 0.1) is 0 Å². The van der Waals surface area contributed by atoms with Gasteiger partial charge in [0.25, 0.3) is 0 Å². The van der Waals surface area contributed by atoms with Gasteiger partial charge in [-0.2, -0.15) is 13.2 Å². The van der Waals surface area contributed by atoms with Gasteiger partial charge in [-0.25, -0.2) is 4.98 Å². The second kappa shape index (κ2) is 8.93. The zero-order chi connectivity index (χ0) is 21.8. The minimum absolute atomic E-state index is 0.105. The van der Waals surface area contributed by atoms with Gasteiger partial charge < -0.3 is 10.3 Å². The molecule has 0 aliphatic heterocycles. The van der Waals surface area contributed by atoms with Crippen LogP contribution in [0.15, 0.2) is 66.0 Å². The van der Waals surface area contributed by atoms with Gasteiger partial charge in [-0.1, -0.05) is 42.5 Å². The molecule has 0 saturated heterocycles. The van der Waals surface area contributed by atoms with E-state index in [4.69, 9.17) is 0 Å². The van der Waals surface area contributed by atoms with Crippen LogP contribution in [0.2, 0.25) is 0 Å². The molecule has 160 valence electrons. The zero-order valence-corrected chi connectivity index (χ0v) is 17.3. The van der Waals surface area contributed by atoms with E-state index < -0.39 is 18.0 Å². The summed E-state index contributed by atoms with van der Waals surface area (Å²) in [6.07, 6.45) is -2.62. The molecule has 4 aromatic rings. The number of fused-ring (bicyclic) bond motifs is 1. The van der Waals surface area contributed by atoms with E-state index in [9.17, 15) is 18.0 Å². The minimum atomic E-state index is -4.55. The maximum atomic E-state index is 13.0. The number of nitrogens with one attached hydrogen (secondary N) is 2. The highest BCUT2D eigenvalue weighted by Gasteiger charge is 2.34. The van der Waals surface area contributed by atoms with Crippen molar-refractivity contribution in [3.8, 4) is 0 Å². The Balaban J connectivity index is 1.55. The van der Waals surface area contributed by atoms with Crippen molar-refractivity contribution < 1.29 is 18.0 Å². The van der Waals surface area contributed by atoms with Gasteiger partial charge in [0.05, 0.1) is 17.1 Å². The van der Waals surface area contributed by atoms with E-state index in [0.717, 1.165) is 18.4 Å². The molecule has 4 rings (SSSR count). The molecule has 1 amide bonds. The maximum Gasteiger partial charge on any atom is 0.449 e. The second-order valence-corrected chi connectivity index (χ2v) is 8.24. The molecule has 1 unspecified atom stereocenters. The largest absolute Gasteiger partial charge is 0.449 e. The summed E-state index contributed by atoms with van der Waals surface area (Å²) in [6, 6.07) is 17.8. The standard InChI is InChI=1S/C23H20F3N3OS/c24-23(25,26)22-27-18-12-11-16(14-19(18)28-22)21(15-6-2-1-3-7-15)29-20(30)10-4-8-17-9-5-13-31-17/h1-3,5-7,9,11-14,21H,4,8,10H2,(H,27,28)(H,29,30). The Bertz CT molecular complexity index is 1150. The molecule has 0 aliphatic carbocycles. The number of imidazole rings is 1. The monoisotopic (exact) mass is 443 g/mol. The number of benzene rings is 2. The number of rotatable bonds is 7. The third kappa shape index (κ3) is 5.14. The number of aromatic nitrogens is 2. The number of hydrogen-bond donors (Lipinski definition) is 2. The lowest BCUT2D eigenvalue weighted by Gasteiger charge is -2.20. The van der Waals surface area contributed by atoms with Gasteiger partial charge >= 0.3 is 6.18 Å². The summed E-state index contributed by atoms with van der Waals surface area (Å²) in [5, 5.41) is 5.05. The van der Waals surface area contributed by atoms with Crippen molar-refractivity contribution in [2.24, 2.45) is 0 Å². The highest BCUT2D eigenvalue weighted by molar-refractivity contribution is 7.09. The number of nitrogens with zero attached hydrogens (tertiary/aromatic N) is 1. The smallest absolute Gasteiger partial charge is 0.345 e. The third-order valence-corrected chi connectivity index (χ3v) is 5.89. The second-order valence-electron chi connectivity index (χ2n) is 7.20.